The van der Waals surface area contributed by atoms with Gasteiger partial charge in [-0.1, -0.05) is 11.6 Å². The molecule has 0 radical (unpaired) electrons. The van der Waals surface area contributed by atoms with Gasteiger partial charge in [-0.25, -0.2) is 9.18 Å². The number of hydrogen-bond acceptors (Lipinski definition) is 4. The normalized spacial score (nSPS) is 11.3. The zero-order chi connectivity index (χ0) is 22.9. The number of halogens is 2. The quantitative estimate of drug-likeness (QED) is 0.344. The van der Waals surface area contributed by atoms with Gasteiger partial charge in [0, 0.05) is 47.0 Å². The highest BCUT2D eigenvalue weighted by Crippen LogP contribution is 2.26. The molecule has 5 aromatic rings. The fourth-order valence-corrected chi connectivity index (χ4v) is 4.39. The highest BCUT2D eigenvalue weighted by Gasteiger charge is 2.19. The van der Waals surface area contributed by atoms with Crippen molar-refractivity contribution in [3.63, 3.8) is 0 Å². The van der Waals surface area contributed by atoms with Crippen LogP contribution in [0.4, 0.5) is 4.39 Å². The van der Waals surface area contributed by atoms with Gasteiger partial charge in [-0.15, -0.1) is 0 Å². The molecule has 0 aliphatic carbocycles. The van der Waals surface area contributed by atoms with E-state index in [1.54, 1.807) is 23.0 Å². The van der Waals surface area contributed by atoms with Crippen molar-refractivity contribution in [3.05, 3.63) is 88.2 Å². The van der Waals surface area contributed by atoms with Crippen LogP contribution >= 0.6 is 11.6 Å². The van der Waals surface area contributed by atoms with Gasteiger partial charge in [0.25, 0.3) is 0 Å². The molecular weight excluding hydrogens is 443 g/mol. The van der Waals surface area contributed by atoms with E-state index in [1.807, 2.05) is 24.3 Å². The maximum absolute atomic E-state index is 14.5. The Morgan fingerprint density at radius 1 is 1.00 bits per heavy atom. The summed E-state index contributed by atoms with van der Waals surface area (Å²) in [6.07, 6.45) is 6.82. The Morgan fingerprint density at radius 2 is 1.82 bits per heavy atom. The molecule has 4 heterocycles. The second-order valence-corrected chi connectivity index (χ2v) is 8.08. The average molecular weight is 461 g/mol. The molecule has 4 aromatic heterocycles. The van der Waals surface area contributed by atoms with Crippen LogP contribution in [0.2, 0.25) is 5.02 Å². The van der Waals surface area contributed by atoms with Gasteiger partial charge >= 0.3 is 5.69 Å². The maximum Gasteiger partial charge on any atom is 0.334 e. The third-order valence-corrected chi connectivity index (χ3v) is 5.90. The number of benzene rings is 1. The van der Waals surface area contributed by atoms with Gasteiger partial charge < -0.3 is 4.57 Å². The number of aromatic nitrogens is 5. The molecule has 7 nitrogen and oxygen atoms in total. The minimum atomic E-state index is -0.587. The molecule has 0 amide bonds. The summed E-state index contributed by atoms with van der Waals surface area (Å²) in [5.74, 6) is -0.587. The van der Waals surface area contributed by atoms with E-state index in [-0.39, 0.29) is 17.9 Å². The van der Waals surface area contributed by atoms with E-state index in [0.717, 1.165) is 22.8 Å². The molecule has 0 atom stereocenters. The van der Waals surface area contributed by atoms with Gasteiger partial charge in [0.1, 0.15) is 0 Å². The van der Waals surface area contributed by atoms with E-state index < -0.39 is 5.82 Å². The lowest BCUT2D eigenvalue weighted by Crippen LogP contribution is -2.25. The van der Waals surface area contributed by atoms with Crippen LogP contribution in [0, 0.1) is 17.1 Å². The minimum Gasteiger partial charge on any atom is -0.343 e. The first-order chi connectivity index (χ1) is 16.1. The molecule has 164 valence electrons. The molecule has 33 heavy (non-hydrogen) atoms. The van der Waals surface area contributed by atoms with E-state index in [0.29, 0.717) is 35.4 Å². The van der Waals surface area contributed by atoms with Gasteiger partial charge in [-0.3, -0.25) is 19.1 Å². The number of fused-ring (bicyclic) bond motifs is 2. The fraction of sp³-hybridized carbons (Fsp3) is 0.167. The van der Waals surface area contributed by atoms with Crippen LogP contribution in [0.25, 0.3) is 27.6 Å². The number of nitrogens with zero attached hydrogens (tertiary/aromatic N) is 6. The molecule has 0 spiro atoms. The molecule has 5 rings (SSSR count). The number of imidazole rings is 1. The standard InChI is InChI=1S/C24H18ClFN6O/c25-17-3-4-20-16(11-17)12-18(30(20)10-2-1-7-27)15-31-23-14-29-9-6-22(23)32(24(31)33)21-5-8-28-13-19(21)26/h3-6,8-9,11-14H,1-2,10,15H2. The molecule has 0 fully saturated rings. The average Bonchev–Trinajstić information content (AvgIpc) is 3.29. The molecule has 0 unspecified atom stereocenters. The highest BCUT2D eigenvalue weighted by molar-refractivity contribution is 6.31. The molecule has 0 aliphatic rings. The highest BCUT2D eigenvalue weighted by atomic mass is 35.5. The largest absolute Gasteiger partial charge is 0.343 e. The van der Waals surface area contributed by atoms with E-state index in [9.17, 15) is 9.18 Å². The molecule has 0 aliphatic heterocycles. The van der Waals surface area contributed by atoms with Crippen molar-refractivity contribution in [2.24, 2.45) is 0 Å². The Hall–Kier alpha value is -3.96. The number of pyridine rings is 2. The predicted octanol–water partition coefficient (Wildman–Crippen LogP) is 4.68. The second-order valence-electron chi connectivity index (χ2n) is 7.65. The lowest BCUT2D eigenvalue weighted by atomic mass is 10.2. The zero-order valence-electron chi connectivity index (χ0n) is 17.4. The molecular formula is C24H18ClFN6O. The van der Waals surface area contributed by atoms with E-state index in [4.69, 9.17) is 16.9 Å². The fourth-order valence-electron chi connectivity index (χ4n) is 4.21. The number of rotatable bonds is 6. The van der Waals surface area contributed by atoms with Crippen LogP contribution in [0.5, 0.6) is 0 Å². The number of hydrogen-bond donors (Lipinski definition) is 0. The molecule has 0 saturated heterocycles. The second kappa shape index (κ2) is 8.52. The minimum absolute atomic E-state index is 0.131. The summed E-state index contributed by atoms with van der Waals surface area (Å²) in [7, 11) is 0. The van der Waals surface area contributed by atoms with Gasteiger partial charge in [0.2, 0.25) is 0 Å². The van der Waals surface area contributed by atoms with Crippen LogP contribution in [0.3, 0.4) is 0 Å². The third kappa shape index (κ3) is 3.66. The SMILES string of the molecule is N#CCCCn1c(Cn2c(=O)n(-c3ccncc3F)c3ccncc32)cc2cc(Cl)ccc21. The van der Waals surface area contributed by atoms with Gasteiger partial charge in [-0.2, -0.15) is 5.26 Å². The van der Waals surface area contributed by atoms with Crippen molar-refractivity contribution in [2.75, 3.05) is 0 Å². The summed E-state index contributed by atoms with van der Waals surface area (Å²) in [5, 5.41) is 10.5. The van der Waals surface area contributed by atoms with Crippen molar-refractivity contribution in [1.82, 2.24) is 23.7 Å². The Labute approximate surface area is 192 Å². The Balaban J connectivity index is 1.69. The van der Waals surface area contributed by atoms with Crippen molar-refractivity contribution in [1.29, 1.82) is 5.26 Å². The topological polar surface area (TPSA) is 81.4 Å². The van der Waals surface area contributed by atoms with Crippen LogP contribution in [-0.4, -0.2) is 23.7 Å². The monoisotopic (exact) mass is 460 g/mol. The molecule has 0 saturated carbocycles. The lowest BCUT2D eigenvalue weighted by molar-refractivity contribution is 0.604. The Kier molecular flexibility index (Phi) is 5.40. The maximum atomic E-state index is 14.5. The number of unbranched alkanes of at least 4 members (excludes halogenated alkanes) is 1. The molecule has 9 heteroatoms. The first-order valence-electron chi connectivity index (χ1n) is 10.4. The lowest BCUT2D eigenvalue weighted by Gasteiger charge is -2.11. The first kappa shape index (κ1) is 20.9. The van der Waals surface area contributed by atoms with Crippen LogP contribution in [-0.2, 0) is 13.1 Å². The molecule has 0 bridgehead atoms. The number of nitriles is 1. The van der Waals surface area contributed by atoms with Crippen LogP contribution < -0.4 is 5.69 Å². The van der Waals surface area contributed by atoms with Crippen molar-refractivity contribution < 1.29 is 4.39 Å². The predicted molar refractivity (Wildman–Crippen MR) is 124 cm³/mol. The third-order valence-electron chi connectivity index (χ3n) is 5.66. The van der Waals surface area contributed by atoms with Gasteiger partial charge in [-0.05, 0) is 42.8 Å². The van der Waals surface area contributed by atoms with E-state index in [1.165, 1.54) is 16.8 Å². The first-order valence-corrected chi connectivity index (χ1v) is 10.8. The van der Waals surface area contributed by atoms with Crippen molar-refractivity contribution in [3.8, 4) is 11.8 Å². The van der Waals surface area contributed by atoms with Crippen molar-refractivity contribution in [2.45, 2.75) is 25.9 Å². The molecule has 1 aromatic carbocycles. The zero-order valence-corrected chi connectivity index (χ0v) is 18.2. The van der Waals surface area contributed by atoms with Gasteiger partial charge in [0.15, 0.2) is 5.82 Å². The Morgan fingerprint density at radius 3 is 2.64 bits per heavy atom. The van der Waals surface area contributed by atoms with Gasteiger partial charge in [0.05, 0.1) is 41.7 Å². The summed E-state index contributed by atoms with van der Waals surface area (Å²) in [4.78, 5) is 21.5. The molecule has 0 N–H and O–H groups in total. The smallest absolute Gasteiger partial charge is 0.334 e. The summed E-state index contributed by atoms with van der Waals surface area (Å²) in [6.45, 7) is 0.873. The summed E-state index contributed by atoms with van der Waals surface area (Å²) < 4.78 is 19.6. The summed E-state index contributed by atoms with van der Waals surface area (Å²) in [5.41, 5.74) is 2.75. The van der Waals surface area contributed by atoms with Crippen molar-refractivity contribution >= 4 is 33.5 Å². The van der Waals surface area contributed by atoms with E-state index >= 15 is 0 Å². The number of aryl methyl sites for hydroxylation is 1. The summed E-state index contributed by atoms with van der Waals surface area (Å²) in [6, 6.07) is 13.0. The van der Waals surface area contributed by atoms with Crippen LogP contribution in [0.15, 0.2) is 66.0 Å². The Bertz CT molecular complexity index is 1590. The van der Waals surface area contributed by atoms with Crippen LogP contribution in [0.1, 0.15) is 18.5 Å². The summed E-state index contributed by atoms with van der Waals surface area (Å²) >= 11 is 6.20. The van der Waals surface area contributed by atoms with E-state index in [2.05, 4.69) is 20.6 Å².